The number of aromatic nitrogens is 4. The van der Waals surface area contributed by atoms with Crippen molar-refractivity contribution in [1.29, 1.82) is 0 Å². The van der Waals surface area contributed by atoms with Crippen LogP contribution >= 0.6 is 0 Å². The summed E-state index contributed by atoms with van der Waals surface area (Å²) in [5, 5.41) is 8.60. The molecule has 1 aliphatic heterocycles. The summed E-state index contributed by atoms with van der Waals surface area (Å²) < 4.78 is 3.74. The van der Waals surface area contributed by atoms with Crippen LogP contribution in [0, 0.1) is 6.92 Å². The molecule has 3 heterocycles. The fourth-order valence-electron chi connectivity index (χ4n) is 3.34. The minimum Gasteiger partial charge on any atom is -0.336 e. The molecule has 1 fully saturated rings. The zero-order valence-electron chi connectivity index (χ0n) is 15.4. The highest BCUT2D eigenvalue weighted by molar-refractivity contribution is 5.92. The number of rotatable bonds is 5. The predicted molar refractivity (Wildman–Crippen MR) is 96.3 cm³/mol. The highest BCUT2D eigenvalue weighted by Crippen LogP contribution is 2.13. The molecule has 0 spiro atoms. The average molecular weight is 344 g/mol. The summed E-state index contributed by atoms with van der Waals surface area (Å²) in [5.41, 5.74) is 1.56. The molecule has 2 aromatic heterocycles. The lowest BCUT2D eigenvalue weighted by Crippen LogP contribution is -2.39. The second kappa shape index (κ2) is 7.82. The van der Waals surface area contributed by atoms with Crippen LogP contribution in [0.4, 0.5) is 0 Å². The van der Waals surface area contributed by atoms with Crippen molar-refractivity contribution in [2.75, 3.05) is 26.2 Å². The highest BCUT2D eigenvalue weighted by atomic mass is 16.2. The third-order valence-electron chi connectivity index (χ3n) is 5.11. The van der Waals surface area contributed by atoms with E-state index in [0.717, 1.165) is 51.3 Å². The minimum atomic E-state index is 0.0507. The lowest BCUT2D eigenvalue weighted by molar-refractivity contribution is 0.0751. The molecule has 2 aromatic rings. The molecule has 0 saturated carbocycles. The van der Waals surface area contributed by atoms with Crippen molar-refractivity contribution in [3.05, 3.63) is 35.9 Å². The maximum atomic E-state index is 12.7. The first-order valence-electron chi connectivity index (χ1n) is 9.06. The Kier molecular flexibility index (Phi) is 5.53. The van der Waals surface area contributed by atoms with Crippen LogP contribution in [-0.2, 0) is 13.6 Å². The number of nitrogens with zero attached hydrogens (tertiary/aromatic N) is 6. The van der Waals surface area contributed by atoms with Gasteiger partial charge in [0.05, 0.1) is 0 Å². The molecular formula is C18H28N6O. The van der Waals surface area contributed by atoms with Gasteiger partial charge >= 0.3 is 0 Å². The summed E-state index contributed by atoms with van der Waals surface area (Å²) in [6, 6.07) is 4.31. The van der Waals surface area contributed by atoms with Gasteiger partial charge in [-0.2, -0.15) is 10.2 Å². The molecule has 0 radical (unpaired) electrons. The first kappa shape index (κ1) is 17.7. The molecule has 3 rings (SSSR count). The van der Waals surface area contributed by atoms with Crippen LogP contribution in [0.2, 0.25) is 0 Å². The van der Waals surface area contributed by atoms with Gasteiger partial charge in [0.2, 0.25) is 0 Å². The second-order valence-corrected chi connectivity index (χ2v) is 6.88. The van der Waals surface area contributed by atoms with E-state index in [1.54, 1.807) is 4.68 Å². The molecule has 0 aromatic carbocycles. The maximum Gasteiger partial charge on any atom is 0.274 e. The van der Waals surface area contributed by atoms with Gasteiger partial charge in [0, 0.05) is 63.9 Å². The van der Waals surface area contributed by atoms with E-state index in [1.807, 2.05) is 48.1 Å². The van der Waals surface area contributed by atoms with Crippen molar-refractivity contribution in [2.24, 2.45) is 7.05 Å². The van der Waals surface area contributed by atoms with Crippen LogP contribution in [-0.4, -0.2) is 67.5 Å². The topological polar surface area (TPSA) is 59.2 Å². The number of hydrogen-bond donors (Lipinski definition) is 0. The third kappa shape index (κ3) is 4.28. The van der Waals surface area contributed by atoms with E-state index in [9.17, 15) is 4.79 Å². The molecule has 0 bridgehead atoms. The number of carbonyl (C=O) groups is 1. The molecule has 1 unspecified atom stereocenters. The molecule has 136 valence electrons. The van der Waals surface area contributed by atoms with E-state index in [4.69, 9.17) is 0 Å². The van der Waals surface area contributed by atoms with Gasteiger partial charge in [0.25, 0.3) is 5.91 Å². The van der Waals surface area contributed by atoms with Gasteiger partial charge in [0.15, 0.2) is 5.69 Å². The van der Waals surface area contributed by atoms with E-state index in [1.165, 1.54) is 0 Å². The Morgan fingerprint density at radius 1 is 1.28 bits per heavy atom. The molecule has 25 heavy (non-hydrogen) atoms. The molecule has 1 amide bonds. The molecule has 1 atom stereocenters. The summed E-state index contributed by atoms with van der Waals surface area (Å²) in [6.07, 6.45) is 5.89. The largest absolute Gasteiger partial charge is 0.336 e. The molecule has 0 N–H and O–H groups in total. The van der Waals surface area contributed by atoms with Gasteiger partial charge < -0.3 is 4.90 Å². The normalized spacial score (nSPS) is 17.5. The van der Waals surface area contributed by atoms with Crippen LogP contribution in [0.5, 0.6) is 0 Å². The van der Waals surface area contributed by atoms with Gasteiger partial charge in [0.1, 0.15) is 0 Å². The van der Waals surface area contributed by atoms with Crippen LogP contribution < -0.4 is 0 Å². The number of hydrogen-bond acceptors (Lipinski definition) is 4. The molecule has 1 aliphatic rings. The Balaban J connectivity index is 1.53. The predicted octanol–water partition coefficient (Wildman–Crippen LogP) is 1.55. The van der Waals surface area contributed by atoms with Crippen molar-refractivity contribution in [3.63, 3.8) is 0 Å². The second-order valence-electron chi connectivity index (χ2n) is 6.88. The van der Waals surface area contributed by atoms with Crippen LogP contribution in [0.1, 0.15) is 35.9 Å². The molecule has 7 nitrogen and oxygen atoms in total. The fraction of sp³-hybridized carbons (Fsp3) is 0.611. The quantitative estimate of drug-likeness (QED) is 0.826. The van der Waals surface area contributed by atoms with Gasteiger partial charge in [-0.05, 0) is 38.8 Å². The smallest absolute Gasteiger partial charge is 0.274 e. The van der Waals surface area contributed by atoms with Crippen molar-refractivity contribution in [1.82, 2.24) is 29.4 Å². The van der Waals surface area contributed by atoms with E-state index in [2.05, 4.69) is 22.0 Å². The standard InChI is InChI=1S/C18H28N6O/c1-15(6-11-24-10-4-7-19-24)22-8-5-9-23(13-12-22)18(25)17-14-16(2)21(3)20-17/h4,7,10,14-15H,5-6,8-9,11-13H2,1-3H3. The van der Waals surface area contributed by atoms with Gasteiger partial charge in [-0.3, -0.25) is 19.1 Å². The SMILES string of the molecule is Cc1cc(C(=O)N2CCCN(C(C)CCn3cccn3)CC2)nn1C. The summed E-state index contributed by atoms with van der Waals surface area (Å²) >= 11 is 0. The fourth-order valence-corrected chi connectivity index (χ4v) is 3.34. The number of amides is 1. The molecule has 1 saturated heterocycles. The summed E-state index contributed by atoms with van der Waals surface area (Å²) in [7, 11) is 1.87. The Hall–Kier alpha value is -2.15. The Morgan fingerprint density at radius 2 is 2.12 bits per heavy atom. The van der Waals surface area contributed by atoms with E-state index < -0.39 is 0 Å². The van der Waals surface area contributed by atoms with Gasteiger partial charge in [-0.15, -0.1) is 0 Å². The van der Waals surface area contributed by atoms with E-state index in [-0.39, 0.29) is 5.91 Å². The van der Waals surface area contributed by atoms with Gasteiger partial charge in [-0.25, -0.2) is 0 Å². The van der Waals surface area contributed by atoms with Crippen molar-refractivity contribution < 1.29 is 4.79 Å². The number of carbonyl (C=O) groups excluding carboxylic acids is 1. The first-order valence-corrected chi connectivity index (χ1v) is 9.06. The summed E-state index contributed by atoms with van der Waals surface area (Å²) in [6.45, 7) is 8.68. The first-order chi connectivity index (χ1) is 12.0. The van der Waals surface area contributed by atoms with Gasteiger partial charge in [-0.1, -0.05) is 0 Å². The van der Waals surface area contributed by atoms with Crippen LogP contribution in [0.15, 0.2) is 24.5 Å². The monoisotopic (exact) mass is 344 g/mol. The van der Waals surface area contributed by atoms with Crippen LogP contribution in [0.25, 0.3) is 0 Å². The zero-order valence-corrected chi connectivity index (χ0v) is 15.4. The van der Waals surface area contributed by atoms with E-state index in [0.29, 0.717) is 11.7 Å². The Morgan fingerprint density at radius 3 is 2.80 bits per heavy atom. The lowest BCUT2D eigenvalue weighted by Gasteiger charge is -2.27. The lowest BCUT2D eigenvalue weighted by atomic mass is 10.2. The summed E-state index contributed by atoms with van der Waals surface area (Å²) in [5.74, 6) is 0.0507. The van der Waals surface area contributed by atoms with E-state index >= 15 is 0 Å². The minimum absolute atomic E-state index is 0.0507. The average Bonchev–Trinajstić information content (AvgIpc) is 3.15. The van der Waals surface area contributed by atoms with Crippen molar-refractivity contribution in [2.45, 2.75) is 39.3 Å². The third-order valence-corrected chi connectivity index (χ3v) is 5.11. The maximum absolute atomic E-state index is 12.7. The number of aryl methyl sites for hydroxylation is 3. The molecule has 7 heteroatoms. The van der Waals surface area contributed by atoms with Crippen molar-refractivity contribution in [3.8, 4) is 0 Å². The zero-order chi connectivity index (χ0) is 17.8. The van der Waals surface area contributed by atoms with Crippen molar-refractivity contribution >= 4 is 5.91 Å². The molecule has 0 aliphatic carbocycles. The Bertz CT molecular complexity index is 673. The molecular weight excluding hydrogens is 316 g/mol. The Labute approximate surface area is 149 Å². The summed E-state index contributed by atoms with van der Waals surface area (Å²) in [4.78, 5) is 17.1. The highest BCUT2D eigenvalue weighted by Gasteiger charge is 2.24. The van der Waals surface area contributed by atoms with Crippen LogP contribution in [0.3, 0.4) is 0 Å².